The first kappa shape index (κ1) is 48.2. The first-order valence-corrected chi connectivity index (χ1v) is 18.5. The Hall–Kier alpha value is -3.83. The molecule has 4 amide bonds. The van der Waals surface area contributed by atoms with E-state index in [2.05, 4.69) is 21.3 Å². The molecular weight excluding hydrogens is 684 g/mol. The van der Waals surface area contributed by atoms with Crippen molar-refractivity contribution in [3.8, 4) is 0 Å². The van der Waals surface area contributed by atoms with Crippen LogP contribution in [0, 0.1) is 0 Å². The Bertz CT molecular complexity index is 1040. The maximum Gasteiger partial charge on any atom is 0.326 e. The average molecular weight is 747 g/mol. The molecule has 0 aliphatic rings. The van der Waals surface area contributed by atoms with Crippen LogP contribution in [0.25, 0.3) is 0 Å². The third kappa shape index (κ3) is 30.9. The van der Waals surface area contributed by atoms with Gasteiger partial charge in [0.1, 0.15) is 25.3 Å². The van der Waals surface area contributed by atoms with E-state index in [1.807, 2.05) is 0 Å². The summed E-state index contributed by atoms with van der Waals surface area (Å²) in [5, 5.41) is 46.0. The minimum Gasteiger partial charge on any atom is -0.481 e. The second-order valence-corrected chi connectivity index (χ2v) is 12.6. The monoisotopic (exact) mass is 746 g/mol. The number of amides is 4. The molecule has 17 nitrogen and oxygen atoms in total. The molecule has 0 fully saturated rings. The Morgan fingerprint density at radius 3 is 1.52 bits per heavy atom. The Morgan fingerprint density at radius 2 is 0.962 bits per heavy atom. The highest BCUT2D eigenvalue weighted by Gasteiger charge is 2.21. The molecule has 0 aromatic heterocycles. The number of nitrogens with one attached hydrogen (secondary N) is 4. The van der Waals surface area contributed by atoms with Crippen LogP contribution in [0.1, 0.15) is 122 Å². The average Bonchev–Trinajstić information content (AvgIpc) is 3.10. The molecule has 2 unspecified atom stereocenters. The summed E-state index contributed by atoms with van der Waals surface area (Å²) in [6.07, 6.45) is 13.6. The van der Waals surface area contributed by atoms with Crippen molar-refractivity contribution in [2.75, 3.05) is 46.1 Å². The van der Waals surface area contributed by atoms with E-state index in [1.165, 1.54) is 6.42 Å². The van der Waals surface area contributed by atoms with Gasteiger partial charge in [-0.3, -0.25) is 24.0 Å². The SMILES string of the molecule is O=C(O)CCCCCCCCCCCCCCC(=O)NC(CCC(=O)NCCOCCOCC(=O)NC(CCCCNC(=O)CO)C(=O)O)C(=O)O. The molecule has 17 heteroatoms. The van der Waals surface area contributed by atoms with Gasteiger partial charge in [0.05, 0.1) is 19.8 Å². The molecule has 0 heterocycles. The zero-order valence-electron chi connectivity index (χ0n) is 30.5. The lowest BCUT2D eigenvalue weighted by molar-refractivity contribution is -0.143. The van der Waals surface area contributed by atoms with Gasteiger partial charge in [-0.15, -0.1) is 0 Å². The fourth-order valence-corrected chi connectivity index (χ4v) is 5.12. The van der Waals surface area contributed by atoms with Gasteiger partial charge in [-0.25, -0.2) is 9.59 Å². The minimum absolute atomic E-state index is 0.0462. The molecule has 300 valence electrons. The normalized spacial score (nSPS) is 12.0. The molecule has 0 saturated heterocycles. The number of carboxylic acid groups (broad SMARTS) is 3. The molecule has 0 aliphatic carbocycles. The quantitative estimate of drug-likeness (QED) is 0.0426. The lowest BCUT2D eigenvalue weighted by atomic mass is 10.0. The molecule has 0 aliphatic heterocycles. The first-order valence-electron chi connectivity index (χ1n) is 18.5. The first-order chi connectivity index (χ1) is 25.0. The van der Waals surface area contributed by atoms with Crippen LogP contribution in [-0.2, 0) is 43.0 Å². The van der Waals surface area contributed by atoms with Crippen LogP contribution in [0.5, 0.6) is 0 Å². The van der Waals surface area contributed by atoms with Crippen LogP contribution >= 0.6 is 0 Å². The summed E-state index contributed by atoms with van der Waals surface area (Å²) in [6.45, 7) is -0.267. The molecule has 8 N–H and O–H groups in total. The second-order valence-electron chi connectivity index (χ2n) is 12.6. The van der Waals surface area contributed by atoms with Crippen LogP contribution in [-0.4, -0.2) is 120 Å². The van der Waals surface area contributed by atoms with Gasteiger partial charge >= 0.3 is 17.9 Å². The maximum absolute atomic E-state index is 12.3. The summed E-state index contributed by atoms with van der Waals surface area (Å²) in [4.78, 5) is 80.9. The topological polar surface area (TPSA) is 267 Å². The van der Waals surface area contributed by atoms with Crippen molar-refractivity contribution in [1.29, 1.82) is 0 Å². The molecule has 52 heavy (non-hydrogen) atoms. The highest BCUT2D eigenvalue weighted by molar-refractivity contribution is 5.85. The van der Waals surface area contributed by atoms with Gasteiger partial charge in [0.2, 0.25) is 23.6 Å². The van der Waals surface area contributed by atoms with Crippen LogP contribution in [0.2, 0.25) is 0 Å². The Balaban J connectivity index is 3.87. The predicted molar refractivity (Wildman–Crippen MR) is 189 cm³/mol. The summed E-state index contributed by atoms with van der Waals surface area (Å²) in [6, 6.07) is -2.28. The standard InChI is InChI=1S/C35H62N4O13/c40-25-31(43)36-20-14-13-15-27(34(47)48)39-32(44)26-52-24-23-51-22-21-37-29(41)19-18-28(35(49)50)38-30(42)16-11-9-7-5-3-1-2-4-6-8-10-12-17-33(45)46/h27-28,40H,1-26H2,(H,36,43)(H,37,41)(H,38,42)(H,39,44)(H,45,46)(H,47,48)(H,49,50). The third-order valence-electron chi connectivity index (χ3n) is 8.03. The van der Waals surface area contributed by atoms with Crippen molar-refractivity contribution in [3.05, 3.63) is 0 Å². The lowest BCUT2D eigenvalue weighted by Crippen LogP contribution is -2.42. The highest BCUT2D eigenvalue weighted by Crippen LogP contribution is 2.13. The van der Waals surface area contributed by atoms with Crippen LogP contribution in [0.4, 0.5) is 0 Å². The second kappa shape index (κ2) is 33.0. The predicted octanol–water partition coefficient (Wildman–Crippen LogP) is 1.88. The molecule has 0 bridgehead atoms. The molecule has 0 rings (SSSR count). The molecule has 0 radical (unpaired) electrons. The van der Waals surface area contributed by atoms with E-state index in [-0.39, 0.29) is 77.5 Å². The number of unbranched alkanes of at least 4 members (excludes halogenated alkanes) is 12. The fourth-order valence-electron chi connectivity index (χ4n) is 5.12. The fraction of sp³-hybridized carbons (Fsp3) is 0.800. The van der Waals surface area contributed by atoms with Crippen molar-refractivity contribution in [3.63, 3.8) is 0 Å². The van der Waals surface area contributed by atoms with Gasteiger partial charge in [0, 0.05) is 32.4 Å². The number of hydrogen-bond acceptors (Lipinski definition) is 10. The third-order valence-corrected chi connectivity index (χ3v) is 8.03. The van der Waals surface area contributed by atoms with Crippen molar-refractivity contribution < 1.29 is 63.5 Å². The summed E-state index contributed by atoms with van der Waals surface area (Å²) >= 11 is 0. The Kier molecular flexibility index (Phi) is 30.6. The number of aliphatic hydroxyl groups is 1. The number of rotatable bonds is 36. The summed E-state index contributed by atoms with van der Waals surface area (Å²) in [5.41, 5.74) is 0. The summed E-state index contributed by atoms with van der Waals surface area (Å²) in [5.74, 6) is -5.02. The van der Waals surface area contributed by atoms with Crippen molar-refractivity contribution in [1.82, 2.24) is 21.3 Å². The van der Waals surface area contributed by atoms with E-state index in [0.29, 0.717) is 19.3 Å². The van der Waals surface area contributed by atoms with Gasteiger partial charge in [0.25, 0.3) is 0 Å². The summed E-state index contributed by atoms with van der Waals surface area (Å²) < 4.78 is 10.5. The molecule has 0 saturated carbocycles. The van der Waals surface area contributed by atoms with E-state index < -0.39 is 54.3 Å². The Morgan fingerprint density at radius 1 is 0.462 bits per heavy atom. The number of ether oxygens (including phenoxy) is 2. The van der Waals surface area contributed by atoms with Crippen molar-refractivity contribution >= 4 is 41.5 Å². The minimum atomic E-state index is -1.21. The van der Waals surface area contributed by atoms with Gasteiger partial charge in [-0.2, -0.15) is 0 Å². The zero-order valence-corrected chi connectivity index (χ0v) is 30.5. The number of carboxylic acids is 3. The number of aliphatic hydroxyl groups excluding tert-OH is 1. The van der Waals surface area contributed by atoms with Gasteiger partial charge in [0.15, 0.2) is 0 Å². The smallest absolute Gasteiger partial charge is 0.326 e. The van der Waals surface area contributed by atoms with Crippen LogP contribution in [0.15, 0.2) is 0 Å². The van der Waals surface area contributed by atoms with Crippen molar-refractivity contribution in [2.45, 2.75) is 134 Å². The Labute approximate surface area is 306 Å². The van der Waals surface area contributed by atoms with Gasteiger partial charge in [-0.05, 0) is 38.5 Å². The molecular formula is C35H62N4O13. The highest BCUT2D eigenvalue weighted by atomic mass is 16.5. The van der Waals surface area contributed by atoms with E-state index in [4.69, 9.17) is 19.7 Å². The van der Waals surface area contributed by atoms with E-state index in [0.717, 1.165) is 64.2 Å². The van der Waals surface area contributed by atoms with Crippen molar-refractivity contribution in [2.24, 2.45) is 0 Å². The number of carbonyl (C=O) groups is 7. The van der Waals surface area contributed by atoms with Gasteiger partial charge < -0.3 is 51.2 Å². The van der Waals surface area contributed by atoms with Crippen LogP contribution < -0.4 is 21.3 Å². The number of carbonyl (C=O) groups excluding carboxylic acids is 4. The summed E-state index contributed by atoms with van der Waals surface area (Å²) in [7, 11) is 0. The van der Waals surface area contributed by atoms with Gasteiger partial charge in [-0.1, -0.05) is 64.2 Å². The zero-order chi connectivity index (χ0) is 38.8. The van der Waals surface area contributed by atoms with E-state index >= 15 is 0 Å². The van der Waals surface area contributed by atoms with Crippen LogP contribution in [0.3, 0.4) is 0 Å². The largest absolute Gasteiger partial charge is 0.481 e. The molecule has 0 aromatic carbocycles. The lowest BCUT2D eigenvalue weighted by Gasteiger charge is -2.15. The molecule has 2 atom stereocenters. The number of aliphatic carboxylic acids is 3. The van der Waals surface area contributed by atoms with E-state index in [1.54, 1.807) is 0 Å². The maximum atomic E-state index is 12.3. The number of hydrogen-bond donors (Lipinski definition) is 8. The molecule has 0 aromatic rings. The van der Waals surface area contributed by atoms with E-state index in [9.17, 15) is 43.8 Å². The molecule has 0 spiro atoms.